The monoisotopic (exact) mass is 1130 g/mol. The first-order valence-corrected chi connectivity index (χ1v) is 32.1. The van der Waals surface area contributed by atoms with E-state index in [4.69, 9.17) is 32.1 Å². The molecule has 5 unspecified atom stereocenters. The number of hydrogen-bond acceptors (Lipinski definition) is 12. The first-order chi connectivity index (χ1) is 37.8. The number of nitrogens with one attached hydrogen (secondary N) is 1. The summed E-state index contributed by atoms with van der Waals surface area (Å²) in [6.07, 6.45) is 25.6. The second-order valence-electron chi connectivity index (χ2n) is 20.8. The second-order valence-corrected chi connectivity index (χ2v) is 22.9. The Labute approximate surface area is 469 Å². The number of allylic oxidation sites excluding steroid dienone is 1. The number of benzene rings is 3. The van der Waals surface area contributed by atoms with E-state index in [1.807, 2.05) is 72.8 Å². The van der Waals surface area contributed by atoms with E-state index < -0.39 is 70.3 Å². The Morgan fingerprint density at radius 1 is 0.551 bits per heavy atom. The van der Waals surface area contributed by atoms with Crippen molar-refractivity contribution in [3.05, 3.63) is 120 Å². The molecule has 15 nitrogen and oxygen atoms in total. The molecule has 1 saturated heterocycles. The Morgan fingerprint density at radius 2 is 0.987 bits per heavy atom. The molecule has 17 heteroatoms. The van der Waals surface area contributed by atoms with Crippen LogP contribution in [0, 0.1) is 0 Å². The summed E-state index contributed by atoms with van der Waals surface area (Å²) in [6.45, 7) is 3.34. The summed E-state index contributed by atoms with van der Waals surface area (Å²) in [7, 11) is -10.4. The molecule has 3 aromatic rings. The van der Waals surface area contributed by atoms with Crippen molar-refractivity contribution in [2.45, 2.75) is 243 Å². The van der Waals surface area contributed by atoms with Crippen LogP contribution >= 0.6 is 0 Å². The highest BCUT2D eigenvalue weighted by Crippen LogP contribution is 2.32. The predicted octanol–water partition coefficient (Wildman–Crippen LogP) is 13.7. The summed E-state index contributed by atoms with van der Waals surface area (Å²) in [6, 6.07) is 27.0. The smallest absolute Gasteiger partial charge is 0.368 e. The summed E-state index contributed by atoms with van der Waals surface area (Å²) in [5.41, 5.74) is 2.34. The van der Waals surface area contributed by atoms with Gasteiger partial charge >= 0.3 is 20.8 Å². The minimum Gasteiger partial charge on any atom is -0.368 e. The van der Waals surface area contributed by atoms with Gasteiger partial charge in [-0.1, -0.05) is 258 Å². The zero-order chi connectivity index (χ0) is 55.9. The summed E-state index contributed by atoms with van der Waals surface area (Å²) < 4.78 is 111. The molecule has 3 N–H and O–H groups in total. The van der Waals surface area contributed by atoms with Gasteiger partial charge in [-0.3, -0.25) is 13.9 Å². The molecule has 4 rings (SSSR count). The van der Waals surface area contributed by atoms with Gasteiger partial charge < -0.3 is 29.0 Å². The van der Waals surface area contributed by atoms with Gasteiger partial charge in [0.15, 0.2) is 6.29 Å². The fourth-order valence-corrected chi connectivity index (χ4v) is 10.5. The molecule has 1 heterocycles. The summed E-state index contributed by atoms with van der Waals surface area (Å²) in [5.74, 6) is -0.190. The molecule has 0 spiro atoms. The second kappa shape index (κ2) is 40.6. The van der Waals surface area contributed by atoms with Crippen molar-refractivity contribution < 1.29 is 62.8 Å². The van der Waals surface area contributed by atoms with Crippen molar-refractivity contribution in [3.63, 3.8) is 0 Å². The Hall–Kier alpha value is -3.59. The van der Waals surface area contributed by atoms with Gasteiger partial charge in [0.05, 0.1) is 45.2 Å². The number of rotatable bonds is 46. The molecular weight excluding hydrogens is 1030 g/mol. The lowest BCUT2D eigenvalue weighted by molar-refractivity contribution is -0.316. The molecular formula is C61H95NO14S2. The van der Waals surface area contributed by atoms with Crippen molar-refractivity contribution in [3.8, 4) is 0 Å². The quantitative estimate of drug-likeness (QED) is 0.0274. The molecule has 1 aliphatic rings. The fraction of sp³-hybridized carbons (Fsp3) is 0.656. The number of carbonyl (C=O) groups is 1. The molecule has 0 aromatic heterocycles. The van der Waals surface area contributed by atoms with E-state index in [2.05, 4.69) is 25.2 Å². The number of amides is 1. The fourth-order valence-electron chi connectivity index (χ4n) is 9.68. The van der Waals surface area contributed by atoms with Gasteiger partial charge in [0.2, 0.25) is 5.91 Å². The predicted molar refractivity (Wildman–Crippen MR) is 306 cm³/mol. The normalized spacial score (nSPS) is 18.8. The van der Waals surface area contributed by atoms with Crippen LogP contribution in [0.2, 0.25) is 0 Å². The maximum atomic E-state index is 14.1. The van der Waals surface area contributed by atoms with Crippen molar-refractivity contribution in [1.29, 1.82) is 0 Å². The molecule has 7 atom stereocenters. The SMILES string of the molecule is CCCCCCCCCCCCC/C=C/[C@@H](OCc1ccccc1)[C@H](COC1OC(COS(=O)(=O)O)C(OS(=O)(=O)O)C(OCc2ccccc2)C1OCc1ccccc1)NC(=O)CCCCCCCCCCCCCCC. The molecule has 1 amide bonds. The number of hydrogen-bond donors (Lipinski definition) is 3. The average Bonchev–Trinajstić information content (AvgIpc) is 3.42. The van der Waals surface area contributed by atoms with Gasteiger partial charge in [-0.15, -0.1) is 0 Å². The Kier molecular flexibility index (Phi) is 34.8. The minimum absolute atomic E-state index is 0.0470. The molecule has 0 saturated carbocycles. The lowest BCUT2D eigenvalue weighted by Gasteiger charge is -2.45. The molecule has 0 bridgehead atoms. The van der Waals surface area contributed by atoms with E-state index in [1.54, 1.807) is 24.3 Å². The third-order valence-corrected chi connectivity index (χ3v) is 15.0. The van der Waals surface area contributed by atoms with Gasteiger partial charge in [-0.2, -0.15) is 16.8 Å². The maximum Gasteiger partial charge on any atom is 0.397 e. The molecule has 0 aliphatic carbocycles. The molecule has 0 radical (unpaired) electrons. The number of carbonyl (C=O) groups excluding carboxylic acids is 1. The lowest BCUT2D eigenvalue weighted by Crippen LogP contribution is -2.62. The van der Waals surface area contributed by atoms with E-state index in [1.165, 1.54) is 116 Å². The maximum absolute atomic E-state index is 14.1. The van der Waals surface area contributed by atoms with Crippen LogP contribution in [0.4, 0.5) is 0 Å². The van der Waals surface area contributed by atoms with Crippen LogP contribution in [-0.4, -0.2) is 87.9 Å². The zero-order valence-corrected chi connectivity index (χ0v) is 48.5. The first kappa shape index (κ1) is 66.9. The van der Waals surface area contributed by atoms with E-state index in [-0.39, 0.29) is 38.8 Å². The molecule has 440 valence electrons. The lowest BCUT2D eigenvalue weighted by atomic mass is 9.98. The van der Waals surface area contributed by atoms with Crippen LogP contribution in [0.3, 0.4) is 0 Å². The van der Waals surface area contributed by atoms with Crippen LogP contribution in [0.15, 0.2) is 103 Å². The Bertz CT molecular complexity index is 2220. The van der Waals surface area contributed by atoms with Crippen molar-refractivity contribution in [2.75, 3.05) is 13.2 Å². The van der Waals surface area contributed by atoms with Gasteiger partial charge in [0.1, 0.15) is 24.4 Å². The van der Waals surface area contributed by atoms with Crippen molar-refractivity contribution >= 4 is 26.7 Å². The number of unbranched alkanes of at least 4 members (excludes halogenated alkanes) is 23. The summed E-state index contributed by atoms with van der Waals surface area (Å²) in [5, 5.41) is 3.22. The minimum atomic E-state index is -5.26. The van der Waals surface area contributed by atoms with Crippen LogP contribution in [0.1, 0.15) is 197 Å². The van der Waals surface area contributed by atoms with Crippen LogP contribution in [0.25, 0.3) is 0 Å². The summed E-state index contributed by atoms with van der Waals surface area (Å²) in [4.78, 5) is 14.1. The third kappa shape index (κ3) is 30.8. The zero-order valence-electron chi connectivity index (χ0n) is 46.9. The van der Waals surface area contributed by atoms with Crippen LogP contribution in [-0.2, 0) is 77.5 Å². The van der Waals surface area contributed by atoms with Crippen LogP contribution in [0.5, 0.6) is 0 Å². The highest BCUT2D eigenvalue weighted by molar-refractivity contribution is 7.81. The van der Waals surface area contributed by atoms with Crippen LogP contribution < -0.4 is 5.32 Å². The van der Waals surface area contributed by atoms with Gasteiger partial charge in [0.25, 0.3) is 0 Å². The van der Waals surface area contributed by atoms with Gasteiger partial charge in [-0.05, 0) is 36.0 Å². The largest absolute Gasteiger partial charge is 0.397 e. The van der Waals surface area contributed by atoms with E-state index in [0.29, 0.717) is 12.0 Å². The summed E-state index contributed by atoms with van der Waals surface area (Å²) >= 11 is 0. The Morgan fingerprint density at radius 3 is 1.45 bits per heavy atom. The topological polar surface area (TPSA) is 202 Å². The van der Waals surface area contributed by atoms with Gasteiger partial charge in [-0.25, -0.2) is 8.37 Å². The number of ether oxygens (including phenoxy) is 5. The van der Waals surface area contributed by atoms with Crippen molar-refractivity contribution in [2.24, 2.45) is 0 Å². The Balaban J connectivity index is 1.59. The molecule has 3 aromatic carbocycles. The molecule has 1 aliphatic heterocycles. The highest BCUT2D eigenvalue weighted by Gasteiger charge is 2.51. The standard InChI is InChI=1S/C61H95NO14S2/c1-3-5-7-9-11-13-15-17-19-21-23-25-36-44-55(70-46-51-38-30-27-31-39-51)54(62-57(63)45-37-26-24-22-20-18-16-14-12-10-8-6-4-2)49-73-61-60(72-48-53-42-34-29-35-43-53)59(71-47-52-40-32-28-33-41-52)58(76-78(67,68)69)56(75-61)50-74-77(64,65)66/h27-36,38-44,54-56,58-61H,3-26,37,45-50H2,1-2H3,(H,62,63)(H,64,65,66)(H,67,68,69)/b44-36+/t54-,55+,56?,58?,59?,60?,61?/m0/s1. The molecule has 78 heavy (non-hydrogen) atoms. The van der Waals surface area contributed by atoms with Crippen molar-refractivity contribution in [1.82, 2.24) is 5.32 Å². The van der Waals surface area contributed by atoms with E-state index in [0.717, 1.165) is 49.7 Å². The highest BCUT2D eigenvalue weighted by atomic mass is 32.3. The van der Waals surface area contributed by atoms with E-state index >= 15 is 0 Å². The average molecular weight is 1130 g/mol. The van der Waals surface area contributed by atoms with E-state index in [9.17, 15) is 30.7 Å². The molecule has 1 fully saturated rings. The first-order valence-electron chi connectivity index (χ1n) is 29.3. The van der Waals surface area contributed by atoms with Gasteiger partial charge in [0, 0.05) is 6.42 Å². The third-order valence-electron chi connectivity index (χ3n) is 14.1.